The molecule has 0 spiro atoms. The van der Waals surface area contributed by atoms with Crippen molar-refractivity contribution < 1.29 is 4.74 Å². The number of halogens is 1. The number of hydrogen-bond donors (Lipinski definition) is 0. The van der Waals surface area contributed by atoms with Gasteiger partial charge < -0.3 is 4.74 Å². The molecular weight excluding hydrogens is 228 g/mol. The molecule has 2 rings (SSSR count). The second-order valence-electron chi connectivity index (χ2n) is 3.13. The minimum absolute atomic E-state index is 0.798. The topological polar surface area (TPSA) is 9.23 Å². The van der Waals surface area contributed by atoms with Crippen LogP contribution in [0.4, 0.5) is 0 Å². The van der Waals surface area contributed by atoms with Gasteiger partial charge in [-0.3, -0.25) is 0 Å². The van der Waals surface area contributed by atoms with E-state index >= 15 is 0 Å². The van der Waals surface area contributed by atoms with Gasteiger partial charge in [0.15, 0.2) is 0 Å². The Labute approximate surface area is 86.5 Å². The summed E-state index contributed by atoms with van der Waals surface area (Å²) in [5.74, 6) is 1.03. The van der Waals surface area contributed by atoms with Crippen LogP contribution in [0.5, 0.6) is 5.75 Å². The van der Waals surface area contributed by atoms with E-state index in [9.17, 15) is 0 Å². The molecule has 1 aromatic rings. The van der Waals surface area contributed by atoms with Gasteiger partial charge in [0.2, 0.25) is 0 Å². The van der Waals surface area contributed by atoms with E-state index in [-0.39, 0.29) is 0 Å². The van der Waals surface area contributed by atoms with Crippen LogP contribution in [0.3, 0.4) is 0 Å². The van der Waals surface area contributed by atoms with Crippen LogP contribution in [-0.2, 0) is 6.42 Å². The third-order valence-electron chi connectivity index (χ3n) is 2.26. The SMILES string of the molecule is C=C(CBr)c1cccc2c1OCC2. The Kier molecular flexibility index (Phi) is 2.40. The standard InChI is InChI=1S/C11H11BrO/c1-8(7-12)10-4-2-3-9-5-6-13-11(9)10/h2-4H,1,5-7H2. The number of allylic oxidation sites excluding steroid dienone is 1. The Bertz CT molecular complexity index is 344. The molecule has 68 valence electrons. The van der Waals surface area contributed by atoms with Gasteiger partial charge >= 0.3 is 0 Å². The fourth-order valence-electron chi connectivity index (χ4n) is 1.57. The summed E-state index contributed by atoms with van der Waals surface area (Å²) in [6, 6.07) is 6.25. The van der Waals surface area contributed by atoms with Gasteiger partial charge in [0.1, 0.15) is 5.75 Å². The van der Waals surface area contributed by atoms with Crippen molar-refractivity contribution in [2.24, 2.45) is 0 Å². The van der Waals surface area contributed by atoms with Crippen molar-refractivity contribution in [3.05, 3.63) is 35.9 Å². The van der Waals surface area contributed by atoms with Gasteiger partial charge in [-0.2, -0.15) is 0 Å². The molecule has 1 nitrogen and oxygen atoms in total. The molecule has 1 aliphatic rings. The molecule has 0 aromatic heterocycles. The van der Waals surface area contributed by atoms with E-state index in [0.717, 1.165) is 35.2 Å². The molecule has 0 bridgehead atoms. The van der Waals surface area contributed by atoms with E-state index in [1.54, 1.807) is 0 Å². The highest BCUT2D eigenvalue weighted by molar-refractivity contribution is 9.09. The number of hydrogen-bond acceptors (Lipinski definition) is 1. The van der Waals surface area contributed by atoms with Crippen LogP contribution in [0.2, 0.25) is 0 Å². The predicted octanol–water partition coefficient (Wildman–Crippen LogP) is 3.03. The lowest BCUT2D eigenvalue weighted by atomic mass is 10.0. The number of fused-ring (bicyclic) bond motifs is 1. The first kappa shape index (κ1) is 8.82. The molecule has 1 aromatic carbocycles. The molecule has 0 radical (unpaired) electrons. The number of rotatable bonds is 2. The third kappa shape index (κ3) is 1.51. The molecule has 1 heterocycles. The molecule has 0 atom stereocenters. The summed E-state index contributed by atoms with van der Waals surface area (Å²) in [6.07, 6.45) is 1.03. The molecule has 0 N–H and O–H groups in total. The van der Waals surface area contributed by atoms with E-state index in [0.29, 0.717) is 0 Å². The van der Waals surface area contributed by atoms with Gasteiger partial charge in [-0.15, -0.1) is 0 Å². The zero-order chi connectivity index (χ0) is 9.26. The van der Waals surface area contributed by atoms with Crippen molar-refractivity contribution in [3.63, 3.8) is 0 Å². The number of benzene rings is 1. The number of alkyl halides is 1. The van der Waals surface area contributed by atoms with Crippen molar-refractivity contribution >= 4 is 21.5 Å². The molecule has 0 fully saturated rings. The summed E-state index contributed by atoms with van der Waals surface area (Å²) < 4.78 is 5.57. The Hall–Kier alpha value is -0.760. The Morgan fingerprint density at radius 3 is 3.15 bits per heavy atom. The van der Waals surface area contributed by atoms with Crippen LogP contribution < -0.4 is 4.74 Å². The van der Waals surface area contributed by atoms with Gasteiger partial charge in [-0.05, 0) is 11.1 Å². The minimum Gasteiger partial charge on any atom is -0.492 e. The Morgan fingerprint density at radius 2 is 2.38 bits per heavy atom. The van der Waals surface area contributed by atoms with Gasteiger partial charge in [-0.1, -0.05) is 40.7 Å². The van der Waals surface area contributed by atoms with E-state index < -0.39 is 0 Å². The number of para-hydroxylation sites is 1. The summed E-state index contributed by atoms with van der Waals surface area (Å²) in [6.45, 7) is 4.80. The largest absolute Gasteiger partial charge is 0.492 e. The molecule has 1 aliphatic heterocycles. The second-order valence-corrected chi connectivity index (χ2v) is 3.69. The molecule has 13 heavy (non-hydrogen) atoms. The average Bonchev–Trinajstić information content (AvgIpc) is 2.63. The maximum Gasteiger partial charge on any atom is 0.130 e. The zero-order valence-corrected chi connectivity index (χ0v) is 8.93. The fraction of sp³-hybridized carbons (Fsp3) is 0.273. The maximum absolute atomic E-state index is 5.57. The monoisotopic (exact) mass is 238 g/mol. The van der Waals surface area contributed by atoms with Crippen LogP contribution in [0.25, 0.3) is 5.57 Å². The lowest BCUT2D eigenvalue weighted by molar-refractivity contribution is 0.356. The predicted molar refractivity (Wildman–Crippen MR) is 58.5 cm³/mol. The van der Waals surface area contributed by atoms with Crippen LogP contribution >= 0.6 is 15.9 Å². The van der Waals surface area contributed by atoms with Crippen molar-refractivity contribution in [1.82, 2.24) is 0 Å². The summed E-state index contributed by atoms with van der Waals surface area (Å²) >= 11 is 3.40. The normalized spacial score (nSPS) is 13.6. The summed E-state index contributed by atoms with van der Waals surface area (Å²) in [7, 11) is 0. The lowest BCUT2D eigenvalue weighted by Gasteiger charge is -2.07. The molecule has 0 amide bonds. The quantitative estimate of drug-likeness (QED) is 0.721. The van der Waals surface area contributed by atoms with Gasteiger partial charge in [-0.25, -0.2) is 0 Å². The lowest BCUT2D eigenvalue weighted by Crippen LogP contribution is -1.91. The van der Waals surface area contributed by atoms with Gasteiger partial charge in [0, 0.05) is 17.3 Å². The average molecular weight is 239 g/mol. The first-order valence-corrected chi connectivity index (χ1v) is 5.44. The zero-order valence-electron chi connectivity index (χ0n) is 7.35. The van der Waals surface area contributed by atoms with E-state index in [2.05, 4.69) is 40.7 Å². The third-order valence-corrected chi connectivity index (χ3v) is 2.93. The number of ether oxygens (including phenoxy) is 1. The molecule has 0 aliphatic carbocycles. The van der Waals surface area contributed by atoms with Crippen LogP contribution in [-0.4, -0.2) is 11.9 Å². The summed E-state index contributed by atoms with van der Waals surface area (Å²) in [5, 5.41) is 0.798. The maximum atomic E-state index is 5.57. The van der Waals surface area contributed by atoms with Crippen molar-refractivity contribution in [2.45, 2.75) is 6.42 Å². The Balaban J connectivity index is 2.47. The molecule has 0 unspecified atom stereocenters. The highest BCUT2D eigenvalue weighted by Crippen LogP contribution is 2.33. The van der Waals surface area contributed by atoms with Gasteiger partial charge in [0.05, 0.1) is 6.61 Å². The molecule has 2 heteroatoms. The fourth-order valence-corrected chi connectivity index (χ4v) is 1.87. The first-order valence-electron chi connectivity index (χ1n) is 4.31. The first-order chi connectivity index (χ1) is 6.33. The molecule has 0 saturated heterocycles. The molecule has 0 saturated carbocycles. The van der Waals surface area contributed by atoms with Crippen LogP contribution in [0.1, 0.15) is 11.1 Å². The van der Waals surface area contributed by atoms with Crippen molar-refractivity contribution in [2.75, 3.05) is 11.9 Å². The summed E-state index contributed by atoms with van der Waals surface area (Å²) in [4.78, 5) is 0. The smallest absolute Gasteiger partial charge is 0.130 e. The highest BCUT2D eigenvalue weighted by Gasteiger charge is 2.16. The van der Waals surface area contributed by atoms with E-state index in [1.165, 1.54) is 5.56 Å². The van der Waals surface area contributed by atoms with E-state index in [4.69, 9.17) is 4.74 Å². The van der Waals surface area contributed by atoms with Crippen molar-refractivity contribution in [1.29, 1.82) is 0 Å². The molecular formula is C11H11BrO. The highest BCUT2D eigenvalue weighted by atomic mass is 79.9. The second kappa shape index (κ2) is 3.54. The van der Waals surface area contributed by atoms with Crippen molar-refractivity contribution in [3.8, 4) is 5.75 Å². The van der Waals surface area contributed by atoms with Crippen LogP contribution in [0, 0.1) is 0 Å². The summed E-state index contributed by atoms with van der Waals surface area (Å²) in [5.41, 5.74) is 3.53. The van der Waals surface area contributed by atoms with E-state index in [1.807, 2.05) is 0 Å². The Morgan fingerprint density at radius 1 is 1.54 bits per heavy atom. The van der Waals surface area contributed by atoms with Crippen LogP contribution in [0.15, 0.2) is 24.8 Å². The minimum atomic E-state index is 0.798. The van der Waals surface area contributed by atoms with Gasteiger partial charge in [0.25, 0.3) is 0 Å².